The van der Waals surface area contributed by atoms with Gasteiger partial charge in [0.25, 0.3) is 0 Å². The van der Waals surface area contributed by atoms with Gasteiger partial charge in [-0.25, -0.2) is 9.97 Å². The topological polar surface area (TPSA) is 38.9 Å². The second kappa shape index (κ2) is 9.50. The number of imidazole rings is 2. The minimum absolute atomic E-state index is 1.06. The Hall–Kier alpha value is -1.62. The molecule has 0 saturated carbocycles. The molecule has 0 saturated heterocycles. The van der Waals surface area contributed by atoms with Crippen LogP contribution in [0.2, 0.25) is 0 Å². The smallest absolute Gasteiger partial charge is 0.105 e. The van der Waals surface area contributed by atoms with Crippen LogP contribution in [0.3, 0.4) is 0 Å². The number of nitrogens with zero attached hydrogens (tertiary/aromatic N) is 5. The molecule has 5 nitrogen and oxygen atoms in total. The van der Waals surface area contributed by atoms with Gasteiger partial charge < -0.3 is 14.0 Å². The summed E-state index contributed by atoms with van der Waals surface area (Å²) in [5, 5.41) is 0. The van der Waals surface area contributed by atoms with Gasteiger partial charge in [-0.3, -0.25) is 0 Å². The maximum absolute atomic E-state index is 4.29. The Morgan fingerprint density at radius 1 is 0.826 bits per heavy atom. The van der Waals surface area contributed by atoms with Crippen LogP contribution >= 0.6 is 0 Å². The lowest BCUT2D eigenvalue weighted by Crippen LogP contribution is -2.28. The molecule has 0 amide bonds. The number of unbranched alkanes of at least 4 members (excludes halogenated alkanes) is 1. The summed E-state index contributed by atoms with van der Waals surface area (Å²) in [5.41, 5.74) is 0. The third-order valence-corrected chi connectivity index (χ3v) is 4.42. The van der Waals surface area contributed by atoms with Crippen molar-refractivity contribution in [1.29, 1.82) is 0 Å². The van der Waals surface area contributed by atoms with E-state index in [0.717, 1.165) is 24.7 Å². The molecule has 0 aromatic carbocycles. The first-order chi connectivity index (χ1) is 11.2. The molecule has 0 bridgehead atoms. The molecule has 0 aliphatic carbocycles. The van der Waals surface area contributed by atoms with Crippen molar-refractivity contribution in [2.45, 2.75) is 59.5 Å². The Labute approximate surface area is 140 Å². The fourth-order valence-corrected chi connectivity index (χ4v) is 2.93. The highest BCUT2D eigenvalue weighted by Crippen LogP contribution is 2.04. The highest BCUT2D eigenvalue weighted by atomic mass is 15.1. The van der Waals surface area contributed by atoms with Crippen LogP contribution in [-0.4, -0.2) is 43.6 Å². The van der Waals surface area contributed by atoms with E-state index in [1.807, 2.05) is 12.4 Å². The largest absolute Gasteiger partial charge is 0.335 e. The molecule has 0 spiro atoms. The molecule has 0 fully saturated rings. The molecule has 0 unspecified atom stereocenters. The number of rotatable bonds is 11. The van der Waals surface area contributed by atoms with Gasteiger partial charge in [0.05, 0.1) is 0 Å². The molecular weight excluding hydrogens is 286 g/mol. The molecule has 0 atom stereocenters. The molecular formula is C18H31N5. The summed E-state index contributed by atoms with van der Waals surface area (Å²) in [6.45, 7) is 12.1. The van der Waals surface area contributed by atoms with Crippen molar-refractivity contribution in [2.24, 2.45) is 0 Å². The van der Waals surface area contributed by atoms with Gasteiger partial charge in [-0.15, -0.1) is 0 Å². The summed E-state index contributed by atoms with van der Waals surface area (Å²) < 4.78 is 4.49. The van der Waals surface area contributed by atoms with E-state index in [9.17, 15) is 0 Å². The van der Waals surface area contributed by atoms with Crippen LogP contribution in [-0.2, 0) is 13.1 Å². The van der Waals surface area contributed by atoms with E-state index < -0.39 is 0 Å². The highest BCUT2D eigenvalue weighted by molar-refractivity contribution is 4.89. The first kappa shape index (κ1) is 17.7. The van der Waals surface area contributed by atoms with E-state index in [0.29, 0.717) is 0 Å². The Balaban J connectivity index is 1.72. The maximum Gasteiger partial charge on any atom is 0.105 e. The molecule has 0 aliphatic rings. The first-order valence-corrected chi connectivity index (χ1v) is 8.88. The summed E-state index contributed by atoms with van der Waals surface area (Å²) in [7, 11) is 0. The molecule has 128 valence electrons. The summed E-state index contributed by atoms with van der Waals surface area (Å²) >= 11 is 0. The van der Waals surface area contributed by atoms with E-state index >= 15 is 0 Å². The van der Waals surface area contributed by atoms with Crippen LogP contribution in [0.25, 0.3) is 0 Å². The number of aromatic nitrogens is 4. The zero-order valence-corrected chi connectivity index (χ0v) is 14.9. The zero-order chi connectivity index (χ0) is 16.5. The van der Waals surface area contributed by atoms with Gasteiger partial charge in [-0.05, 0) is 52.7 Å². The standard InChI is InChI=1S/C18H31N5/c1-4-5-10-21(11-6-13-22-15-8-19-17(22)2)12-7-14-23-16-9-20-18(23)3/h8-9,15-16H,4-7,10-14H2,1-3H3. The van der Waals surface area contributed by atoms with Crippen molar-refractivity contribution in [2.75, 3.05) is 19.6 Å². The van der Waals surface area contributed by atoms with Gasteiger partial charge in [0.15, 0.2) is 0 Å². The van der Waals surface area contributed by atoms with E-state index in [2.05, 4.69) is 57.2 Å². The van der Waals surface area contributed by atoms with Gasteiger partial charge in [0.2, 0.25) is 0 Å². The van der Waals surface area contributed by atoms with E-state index in [4.69, 9.17) is 0 Å². The Kier molecular flexibility index (Phi) is 7.33. The predicted molar refractivity (Wildman–Crippen MR) is 94.5 cm³/mol. The van der Waals surface area contributed by atoms with Gasteiger partial charge in [0, 0.05) is 37.9 Å². The molecule has 2 heterocycles. The van der Waals surface area contributed by atoms with Crippen LogP contribution < -0.4 is 0 Å². The maximum atomic E-state index is 4.29. The predicted octanol–water partition coefficient (Wildman–Crippen LogP) is 3.28. The van der Waals surface area contributed by atoms with Crippen LogP contribution in [0.15, 0.2) is 24.8 Å². The van der Waals surface area contributed by atoms with Gasteiger partial charge in [-0.1, -0.05) is 13.3 Å². The summed E-state index contributed by atoms with van der Waals surface area (Å²) in [6, 6.07) is 0. The Morgan fingerprint density at radius 3 is 1.70 bits per heavy atom. The zero-order valence-electron chi connectivity index (χ0n) is 14.9. The molecule has 5 heteroatoms. The lowest BCUT2D eigenvalue weighted by atomic mass is 10.2. The average Bonchev–Trinajstić information content (AvgIpc) is 3.13. The van der Waals surface area contributed by atoms with Crippen LogP contribution in [0.5, 0.6) is 0 Å². The van der Waals surface area contributed by atoms with Crippen molar-refractivity contribution in [3.8, 4) is 0 Å². The Bertz CT molecular complexity index is 511. The highest BCUT2D eigenvalue weighted by Gasteiger charge is 2.06. The molecule has 2 aromatic heterocycles. The van der Waals surface area contributed by atoms with E-state index in [1.165, 1.54) is 45.3 Å². The van der Waals surface area contributed by atoms with Crippen LogP contribution in [0.4, 0.5) is 0 Å². The van der Waals surface area contributed by atoms with Crippen molar-refractivity contribution in [3.63, 3.8) is 0 Å². The molecule has 0 aliphatic heterocycles. The molecule has 0 N–H and O–H groups in total. The summed E-state index contributed by atoms with van der Waals surface area (Å²) in [5.74, 6) is 2.22. The molecule has 0 radical (unpaired) electrons. The minimum Gasteiger partial charge on any atom is -0.335 e. The Morgan fingerprint density at radius 2 is 1.30 bits per heavy atom. The lowest BCUT2D eigenvalue weighted by molar-refractivity contribution is 0.253. The van der Waals surface area contributed by atoms with Gasteiger partial charge >= 0.3 is 0 Å². The normalized spacial score (nSPS) is 11.5. The molecule has 2 aromatic rings. The third-order valence-electron chi connectivity index (χ3n) is 4.42. The number of hydrogen-bond acceptors (Lipinski definition) is 3. The second-order valence-electron chi connectivity index (χ2n) is 6.24. The fourth-order valence-electron chi connectivity index (χ4n) is 2.93. The fraction of sp³-hybridized carbons (Fsp3) is 0.667. The van der Waals surface area contributed by atoms with E-state index in [-0.39, 0.29) is 0 Å². The first-order valence-electron chi connectivity index (χ1n) is 8.88. The lowest BCUT2D eigenvalue weighted by Gasteiger charge is -2.22. The number of hydrogen-bond donors (Lipinski definition) is 0. The van der Waals surface area contributed by atoms with E-state index in [1.54, 1.807) is 0 Å². The summed E-state index contributed by atoms with van der Waals surface area (Å²) in [4.78, 5) is 11.2. The van der Waals surface area contributed by atoms with Crippen molar-refractivity contribution in [3.05, 3.63) is 36.4 Å². The molecule has 23 heavy (non-hydrogen) atoms. The van der Waals surface area contributed by atoms with Crippen LogP contribution in [0.1, 0.15) is 44.3 Å². The van der Waals surface area contributed by atoms with Crippen molar-refractivity contribution >= 4 is 0 Å². The minimum atomic E-state index is 1.06. The van der Waals surface area contributed by atoms with Gasteiger partial charge in [0.1, 0.15) is 11.6 Å². The SMILES string of the molecule is CCCCN(CCCn1ccnc1C)CCCn1ccnc1C. The van der Waals surface area contributed by atoms with Gasteiger partial charge in [-0.2, -0.15) is 0 Å². The monoisotopic (exact) mass is 317 g/mol. The second-order valence-corrected chi connectivity index (χ2v) is 6.24. The quantitative estimate of drug-likeness (QED) is 0.638. The van der Waals surface area contributed by atoms with Crippen molar-refractivity contribution < 1.29 is 0 Å². The summed E-state index contributed by atoms with van der Waals surface area (Å²) in [6.07, 6.45) is 12.8. The number of aryl methyl sites for hydroxylation is 4. The van der Waals surface area contributed by atoms with Crippen molar-refractivity contribution in [1.82, 2.24) is 24.0 Å². The average molecular weight is 317 g/mol. The third kappa shape index (κ3) is 5.82. The van der Waals surface area contributed by atoms with Crippen LogP contribution in [0, 0.1) is 13.8 Å². The molecule has 2 rings (SSSR count).